The molecule has 3 N–H and O–H groups in total. The molecule has 0 aromatic heterocycles. The van der Waals surface area contributed by atoms with Crippen molar-refractivity contribution < 1.29 is 13.2 Å². The van der Waals surface area contributed by atoms with Gasteiger partial charge in [-0.25, -0.2) is 12.7 Å². The third-order valence-electron chi connectivity index (χ3n) is 3.16. The van der Waals surface area contributed by atoms with E-state index in [-0.39, 0.29) is 19.0 Å². The summed E-state index contributed by atoms with van der Waals surface area (Å²) in [5, 5.41) is 2.76. The van der Waals surface area contributed by atoms with Crippen molar-refractivity contribution in [3.05, 3.63) is 0 Å². The van der Waals surface area contributed by atoms with Crippen LogP contribution in [0.5, 0.6) is 0 Å². The van der Waals surface area contributed by atoms with Crippen LogP contribution in [-0.2, 0) is 14.8 Å². The highest BCUT2D eigenvalue weighted by atomic mass is 35.5. The number of nitrogens with one attached hydrogen (secondary N) is 1. The summed E-state index contributed by atoms with van der Waals surface area (Å²) in [4.78, 5) is 12.0. The standard InChI is InChI=1S/C13H29N3O3S.ClH/c1-6-16(7-2)20(18,19)9-12(17)15-13(5,10-14)8-11(3)4;/h11H,6-10,14H2,1-5H3,(H,15,17);1H. The van der Waals surface area contributed by atoms with E-state index in [2.05, 4.69) is 5.32 Å². The van der Waals surface area contributed by atoms with Gasteiger partial charge in [-0.1, -0.05) is 27.7 Å². The lowest BCUT2D eigenvalue weighted by Gasteiger charge is -2.31. The van der Waals surface area contributed by atoms with Crippen molar-refractivity contribution in [1.29, 1.82) is 0 Å². The quantitative estimate of drug-likeness (QED) is 0.652. The van der Waals surface area contributed by atoms with Crippen molar-refractivity contribution in [1.82, 2.24) is 9.62 Å². The van der Waals surface area contributed by atoms with Crippen LogP contribution in [0.4, 0.5) is 0 Å². The van der Waals surface area contributed by atoms with Gasteiger partial charge in [0.2, 0.25) is 15.9 Å². The summed E-state index contributed by atoms with van der Waals surface area (Å²) < 4.78 is 25.4. The van der Waals surface area contributed by atoms with E-state index in [0.29, 0.717) is 25.4 Å². The number of amides is 1. The van der Waals surface area contributed by atoms with Crippen molar-refractivity contribution in [2.24, 2.45) is 11.7 Å². The fourth-order valence-corrected chi connectivity index (χ4v) is 3.71. The highest BCUT2D eigenvalue weighted by molar-refractivity contribution is 7.89. The van der Waals surface area contributed by atoms with Gasteiger partial charge in [-0.3, -0.25) is 4.79 Å². The topological polar surface area (TPSA) is 92.5 Å². The SMILES string of the molecule is CCN(CC)S(=O)(=O)CC(=O)NC(C)(CN)CC(C)C.Cl. The minimum atomic E-state index is -3.55. The number of nitrogens with two attached hydrogens (primary N) is 1. The minimum absolute atomic E-state index is 0. The van der Waals surface area contributed by atoms with E-state index >= 15 is 0 Å². The largest absolute Gasteiger partial charge is 0.349 e. The van der Waals surface area contributed by atoms with E-state index < -0.39 is 27.2 Å². The van der Waals surface area contributed by atoms with Crippen molar-refractivity contribution in [3.63, 3.8) is 0 Å². The molecule has 0 aromatic carbocycles. The van der Waals surface area contributed by atoms with Crippen LogP contribution in [0.2, 0.25) is 0 Å². The molecule has 8 heteroatoms. The van der Waals surface area contributed by atoms with Gasteiger partial charge < -0.3 is 11.1 Å². The third kappa shape index (κ3) is 7.99. The molecular formula is C13H30ClN3O3S. The molecule has 0 fully saturated rings. The van der Waals surface area contributed by atoms with Gasteiger partial charge in [0.25, 0.3) is 0 Å². The molecule has 0 spiro atoms. The Kier molecular flexibility index (Phi) is 10.5. The van der Waals surface area contributed by atoms with Gasteiger partial charge in [-0.15, -0.1) is 12.4 Å². The van der Waals surface area contributed by atoms with E-state index in [9.17, 15) is 13.2 Å². The Bertz CT molecular complexity index is 411. The number of halogens is 1. The first kappa shape index (κ1) is 22.9. The van der Waals surface area contributed by atoms with Crippen LogP contribution >= 0.6 is 12.4 Å². The molecule has 1 atom stereocenters. The van der Waals surface area contributed by atoms with Gasteiger partial charge >= 0.3 is 0 Å². The molecule has 0 radical (unpaired) electrons. The summed E-state index contributed by atoms with van der Waals surface area (Å²) in [7, 11) is -3.55. The third-order valence-corrected chi connectivity index (χ3v) is 5.09. The molecule has 0 saturated heterocycles. The number of hydrogen-bond acceptors (Lipinski definition) is 4. The van der Waals surface area contributed by atoms with Crippen molar-refractivity contribution in [2.75, 3.05) is 25.4 Å². The van der Waals surface area contributed by atoms with Crippen LogP contribution in [0.3, 0.4) is 0 Å². The summed E-state index contributed by atoms with van der Waals surface area (Å²) in [6, 6.07) is 0. The zero-order valence-electron chi connectivity index (χ0n) is 13.7. The fourth-order valence-electron chi connectivity index (χ4n) is 2.33. The smallest absolute Gasteiger partial charge is 0.237 e. The van der Waals surface area contributed by atoms with E-state index in [0.717, 1.165) is 0 Å². The van der Waals surface area contributed by atoms with Crippen LogP contribution in [0.15, 0.2) is 0 Å². The summed E-state index contributed by atoms with van der Waals surface area (Å²) in [5.41, 5.74) is 5.14. The molecule has 0 aliphatic rings. The van der Waals surface area contributed by atoms with Gasteiger partial charge in [-0.2, -0.15) is 0 Å². The molecule has 1 amide bonds. The molecule has 0 aliphatic heterocycles. The number of hydrogen-bond donors (Lipinski definition) is 2. The van der Waals surface area contributed by atoms with Crippen LogP contribution in [0.25, 0.3) is 0 Å². The van der Waals surface area contributed by atoms with Crippen molar-refractivity contribution in [2.45, 2.75) is 46.6 Å². The molecule has 0 heterocycles. The highest BCUT2D eigenvalue weighted by Crippen LogP contribution is 2.15. The number of carbonyl (C=O) groups is 1. The summed E-state index contributed by atoms with van der Waals surface area (Å²) in [6.45, 7) is 10.4. The first-order chi connectivity index (χ1) is 9.10. The van der Waals surface area contributed by atoms with Crippen LogP contribution in [-0.4, -0.2) is 49.6 Å². The Hall–Kier alpha value is -0.370. The number of sulfonamides is 1. The fraction of sp³-hybridized carbons (Fsp3) is 0.923. The Balaban J connectivity index is 0. The lowest BCUT2D eigenvalue weighted by atomic mass is 9.91. The van der Waals surface area contributed by atoms with Gasteiger partial charge in [0.1, 0.15) is 5.75 Å². The minimum Gasteiger partial charge on any atom is -0.349 e. The van der Waals surface area contributed by atoms with Gasteiger partial charge in [0.05, 0.1) is 0 Å². The number of rotatable bonds is 9. The molecule has 0 aliphatic carbocycles. The Morgan fingerprint density at radius 1 is 1.29 bits per heavy atom. The average molecular weight is 344 g/mol. The Labute approximate surface area is 135 Å². The maximum Gasteiger partial charge on any atom is 0.237 e. The van der Waals surface area contributed by atoms with E-state index in [1.807, 2.05) is 20.8 Å². The zero-order chi connectivity index (χ0) is 16.0. The van der Waals surface area contributed by atoms with Gasteiger partial charge in [0.15, 0.2) is 0 Å². The lowest BCUT2D eigenvalue weighted by molar-refractivity contribution is -0.120. The van der Waals surface area contributed by atoms with Crippen LogP contribution in [0, 0.1) is 5.92 Å². The molecule has 21 heavy (non-hydrogen) atoms. The highest BCUT2D eigenvalue weighted by Gasteiger charge is 2.29. The predicted octanol–water partition coefficient (Wildman–Crippen LogP) is 0.960. The van der Waals surface area contributed by atoms with E-state index in [1.54, 1.807) is 13.8 Å². The number of nitrogens with zero attached hydrogens (tertiary/aromatic N) is 1. The van der Waals surface area contributed by atoms with E-state index in [4.69, 9.17) is 5.73 Å². The summed E-state index contributed by atoms with van der Waals surface area (Å²) in [6.07, 6.45) is 0.709. The lowest BCUT2D eigenvalue weighted by Crippen LogP contribution is -2.54. The molecule has 0 rings (SSSR count). The van der Waals surface area contributed by atoms with Gasteiger partial charge in [-0.05, 0) is 19.3 Å². The monoisotopic (exact) mass is 343 g/mol. The zero-order valence-corrected chi connectivity index (χ0v) is 15.3. The molecule has 0 bridgehead atoms. The molecular weight excluding hydrogens is 314 g/mol. The van der Waals surface area contributed by atoms with Gasteiger partial charge in [0, 0.05) is 25.2 Å². The second-order valence-corrected chi connectivity index (χ2v) is 7.72. The first-order valence-corrected chi connectivity index (χ1v) is 8.70. The summed E-state index contributed by atoms with van der Waals surface area (Å²) in [5.74, 6) is -0.656. The van der Waals surface area contributed by atoms with Crippen molar-refractivity contribution in [3.8, 4) is 0 Å². The first-order valence-electron chi connectivity index (χ1n) is 7.09. The molecule has 0 aromatic rings. The second kappa shape index (κ2) is 9.61. The summed E-state index contributed by atoms with van der Waals surface area (Å²) >= 11 is 0. The molecule has 1 unspecified atom stereocenters. The normalized spacial score (nSPS) is 14.7. The van der Waals surface area contributed by atoms with Crippen molar-refractivity contribution >= 4 is 28.3 Å². The average Bonchev–Trinajstić information content (AvgIpc) is 2.27. The maximum atomic E-state index is 12.0. The maximum absolute atomic E-state index is 12.0. The Morgan fingerprint density at radius 2 is 1.76 bits per heavy atom. The molecule has 6 nitrogen and oxygen atoms in total. The number of carbonyl (C=O) groups excluding carboxylic acids is 1. The Morgan fingerprint density at radius 3 is 2.10 bits per heavy atom. The molecule has 0 saturated carbocycles. The second-order valence-electron chi connectivity index (χ2n) is 5.75. The van der Waals surface area contributed by atoms with Crippen LogP contribution < -0.4 is 11.1 Å². The molecule has 128 valence electrons. The van der Waals surface area contributed by atoms with E-state index in [1.165, 1.54) is 4.31 Å². The predicted molar refractivity (Wildman–Crippen MR) is 89.0 cm³/mol. The van der Waals surface area contributed by atoms with Crippen LogP contribution in [0.1, 0.15) is 41.0 Å².